The predicted octanol–water partition coefficient (Wildman–Crippen LogP) is 3.62. The standard InChI is InChI=1S/C16H14O3/c1-2-11-19-15-9-7-13(8-10-15)12-3-5-14(6-4-12)16(17)18/h2-10H,1,11H2,(H,17,18). The smallest absolute Gasteiger partial charge is 0.335 e. The third kappa shape index (κ3) is 3.22. The van der Waals surface area contributed by atoms with E-state index in [-0.39, 0.29) is 5.56 Å². The summed E-state index contributed by atoms with van der Waals surface area (Å²) in [5.74, 6) is -0.134. The summed E-state index contributed by atoms with van der Waals surface area (Å²) >= 11 is 0. The summed E-state index contributed by atoms with van der Waals surface area (Å²) in [6.45, 7) is 4.07. The third-order valence-electron chi connectivity index (χ3n) is 2.69. The number of aromatic carboxylic acids is 1. The molecule has 2 aromatic rings. The summed E-state index contributed by atoms with van der Waals surface area (Å²) in [7, 11) is 0. The number of benzene rings is 2. The van der Waals surface area contributed by atoms with Crippen molar-refractivity contribution in [1.82, 2.24) is 0 Å². The van der Waals surface area contributed by atoms with Crippen LogP contribution < -0.4 is 4.74 Å². The van der Waals surface area contributed by atoms with Crippen LogP contribution in [0.3, 0.4) is 0 Å². The molecule has 0 saturated heterocycles. The van der Waals surface area contributed by atoms with Crippen LogP contribution in [0.15, 0.2) is 61.2 Å². The Bertz CT molecular complexity index is 568. The van der Waals surface area contributed by atoms with E-state index in [1.807, 2.05) is 24.3 Å². The zero-order valence-corrected chi connectivity index (χ0v) is 10.4. The van der Waals surface area contributed by atoms with Crippen molar-refractivity contribution >= 4 is 5.97 Å². The monoisotopic (exact) mass is 254 g/mol. The summed E-state index contributed by atoms with van der Waals surface area (Å²) in [6.07, 6.45) is 1.69. The largest absolute Gasteiger partial charge is 0.490 e. The van der Waals surface area contributed by atoms with Crippen LogP contribution in [-0.4, -0.2) is 17.7 Å². The van der Waals surface area contributed by atoms with Crippen LogP contribution in [0.5, 0.6) is 5.75 Å². The number of carbonyl (C=O) groups is 1. The lowest BCUT2D eigenvalue weighted by molar-refractivity contribution is 0.0697. The number of rotatable bonds is 5. The van der Waals surface area contributed by atoms with Crippen LogP contribution in [0.4, 0.5) is 0 Å². The van der Waals surface area contributed by atoms with Crippen LogP contribution in [0, 0.1) is 0 Å². The minimum atomic E-state index is -0.917. The highest BCUT2D eigenvalue weighted by Gasteiger charge is 2.03. The molecule has 3 heteroatoms. The average molecular weight is 254 g/mol. The maximum atomic E-state index is 10.8. The van der Waals surface area contributed by atoms with Crippen molar-refractivity contribution < 1.29 is 14.6 Å². The third-order valence-corrected chi connectivity index (χ3v) is 2.69. The van der Waals surface area contributed by atoms with Gasteiger partial charge in [-0.1, -0.05) is 36.9 Å². The Morgan fingerprint density at radius 3 is 2.05 bits per heavy atom. The first-order valence-electron chi connectivity index (χ1n) is 5.88. The van der Waals surface area contributed by atoms with E-state index in [4.69, 9.17) is 9.84 Å². The minimum Gasteiger partial charge on any atom is -0.490 e. The number of hydrogen-bond donors (Lipinski definition) is 1. The van der Waals surface area contributed by atoms with E-state index in [0.29, 0.717) is 6.61 Å². The number of ether oxygens (including phenoxy) is 1. The van der Waals surface area contributed by atoms with Gasteiger partial charge in [0.1, 0.15) is 12.4 Å². The molecule has 0 bridgehead atoms. The lowest BCUT2D eigenvalue weighted by Gasteiger charge is -2.05. The fourth-order valence-corrected chi connectivity index (χ4v) is 1.70. The minimum absolute atomic E-state index is 0.287. The van der Waals surface area contributed by atoms with Crippen molar-refractivity contribution in [1.29, 1.82) is 0 Å². The van der Waals surface area contributed by atoms with Crippen molar-refractivity contribution in [2.45, 2.75) is 0 Å². The second-order valence-corrected chi connectivity index (χ2v) is 4.01. The molecule has 96 valence electrons. The number of hydrogen-bond acceptors (Lipinski definition) is 2. The first kappa shape index (κ1) is 12.9. The van der Waals surface area contributed by atoms with Crippen molar-refractivity contribution in [2.75, 3.05) is 6.61 Å². The zero-order chi connectivity index (χ0) is 13.7. The number of carboxylic acids is 1. The molecule has 0 aliphatic rings. The van der Waals surface area contributed by atoms with Gasteiger partial charge in [0.25, 0.3) is 0 Å². The lowest BCUT2D eigenvalue weighted by atomic mass is 10.0. The molecule has 0 fully saturated rings. The molecule has 0 radical (unpaired) electrons. The molecule has 2 rings (SSSR count). The highest BCUT2D eigenvalue weighted by atomic mass is 16.5. The van der Waals surface area contributed by atoms with Gasteiger partial charge in [-0.15, -0.1) is 0 Å². The Labute approximate surface area is 111 Å². The van der Waals surface area contributed by atoms with Crippen LogP contribution in [0.2, 0.25) is 0 Å². The quantitative estimate of drug-likeness (QED) is 0.829. The maximum absolute atomic E-state index is 10.8. The van der Waals surface area contributed by atoms with E-state index >= 15 is 0 Å². The van der Waals surface area contributed by atoms with Gasteiger partial charge in [-0.05, 0) is 35.4 Å². The molecule has 1 N–H and O–H groups in total. The van der Waals surface area contributed by atoms with Gasteiger partial charge < -0.3 is 9.84 Å². The molecule has 3 nitrogen and oxygen atoms in total. The predicted molar refractivity (Wildman–Crippen MR) is 74.5 cm³/mol. The van der Waals surface area contributed by atoms with Crippen molar-refractivity contribution in [3.8, 4) is 16.9 Å². The first-order chi connectivity index (χ1) is 9.20. The average Bonchev–Trinajstić information content (AvgIpc) is 2.46. The highest BCUT2D eigenvalue weighted by molar-refractivity contribution is 5.88. The molecule has 0 aromatic heterocycles. The van der Waals surface area contributed by atoms with Gasteiger partial charge in [-0.3, -0.25) is 0 Å². The molecule has 0 unspecified atom stereocenters. The molecular formula is C16H14O3. The highest BCUT2D eigenvalue weighted by Crippen LogP contribution is 2.22. The van der Waals surface area contributed by atoms with Crippen LogP contribution in [0.1, 0.15) is 10.4 Å². The molecule has 2 aromatic carbocycles. The van der Waals surface area contributed by atoms with E-state index in [1.165, 1.54) is 0 Å². The fourth-order valence-electron chi connectivity index (χ4n) is 1.70. The zero-order valence-electron chi connectivity index (χ0n) is 10.4. The Morgan fingerprint density at radius 2 is 1.58 bits per heavy atom. The van der Waals surface area contributed by atoms with Crippen molar-refractivity contribution in [2.24, 2.45) is 0 Å². The molecule has 0 aliphatic carbocycles. The molecule has 0 aliphatic heterocycles. The van der Waals surface area contributed by atoms with Crippen LogP contribution in [-0.2, 0) is 0 Å². The Hall–Kier alpha value is -2.55. The van der Waals surface area contributed by atoms with Gasteiger partial charge >= 0.3 is 5.97 Å². The van der Waals surface area contributed by atoms with E-state index in [0.717, 1.165) is 16.9 Å². The van der Waals surface area contributed by atoms with Gasteiger partial charge in [0.15, 0.2) is 0 Å². The SMILES string of the molecule is C=CCOc1ccc(-c2ccc(C(=O)O)cc2)cc1. The van der Waals surface area contributed by atoms with Crippen LogP contribution >= 0.6 is 0 Å². The van der Waals surface area contributed by atoms with E-state index in [9.17, 15) is 4.79 Å². The first-order valence-corrected chi connectivity index (χ1v) is 5.88. The molecule has 0 saturated carbocycles. The second-order valence-electron chi connectivity index (χ2n) is 4.01. The second kappa shape index (κ2) is 5.87. The molecule has 0 spiro atoms. The topological polar surface area (TPSA) is 46.5 Å². The molecule has 0 amide bonds. The summed E-state index contributed by atoms with van der Waals surface area (Å²) in [6, 6.07) is 14.4. The lowest BCUT2D eigenvalue weighted by Crippen LogP contribution is -1.95. The van der Waals surface area contributed by atoms with Crippen molar-refractivity contribution in [3.05, 3.63) is 66.7 Å². The Morgan fingerprint density at radius 1 is 1.05 bits per heavy atom. The van der Waals surface area contributed by atoms with Gasteiger partial charge in [0.05, 0.1) is 5.56 Å². The van der Waals surface area contributed by atoms with E-state index in [1.54, 1.807) is 30.3 Å². The Balaban J connectivity index is 2.17. The van der Waals surface area contributed by atoms with Gasteiger partial charge in [0, 0.05) is 0 Å². The molecule has 0 atom stereocenters. The van der Waals surface area contributed by atoms with E-state index in [2.05, 4.69) is 6.58 Å². The molecule has 0 heterocycles. The summed E-state index contributed by atoms with van der Waals surface area (Å²) < 4.78 is 5.40. The molecule has 19 heavy (non-hydrogen) atoms. The fraction of sp³-hybridized carbons (Fsp3) is 0.0625. The van der Waals surface area contributed by atoms with Gasteiger partial charge in [-0.2, -0.15) is 0 Å². The van der Waals surface area contributed by atoms with Crippen molar-refractivity contribution in [3.63, 3.8) is 0 Å². The maximum Gasteiger partial charge on any atom is 0.335 e. The van der Waals surface area contributed by atoms with Crippen LogP contribution in [0.25, 0.3) is 11.1 Å². The summed E-state index contributed by atoms with van der Waals surface area (Å²) in [4.78, 5) is 10.8. The summed E-state index contributed by atoms with van der Waals surface area (Å²) in [5.41, 5.74) is 2.28. The van der Waals surface area contributed by atoms with Gasteiger partial charge in [-0.25, -0.2) is 4.79 Å². The summed E-state index contributed by atoms with van der Waals surface area (Å²) in [5, 5.41) is 8.84. The number of carboxylic acid groups (broad SMARTS) is 1. The molecular weight excluding hydrogens is 240 g/mol. The van der Waals surface area contributed by atoms with E-state index < -0.39 is 5.97 Å². The normalized spacial score (nSPS) is 9.89. The van der Waals surface area contributed by atoms with Gasteiger partial charge in [0.2, 0.25) is 0 Å². The Kier molecular flexibility index (Phi) is 3.98.